The van der Waals surface area contributed by atoms with Gasteiger partial charge in [0.2, 0.25) is 10.0 Å². The minimum atomic E-state index is -3.22. The molecular weight excluding hydrogens is 632 g/mol. The maximum atomic E-state index is 13.0. The number of hydrogen-bond donors (Lipinski definition) is 2. The number of benzene rings is 1. The van der Waals surface area contributed by atoms with E-state index in [1.54, 1.807) is 17.4 Å². The number of imidazole rings is 1. The molecule has 228 valence electrons. The number of nitrogens with zero attached hydrogens (tertiary/aromatic N) is 6. The van der Waals surface area contributed by atoms with Crippen LogP contribution in [-0.2, 0) is 10.0 Å². The third-order valence-corrected chi connectivity index (χ3v) is 11.0. The van der Waals surface area contributed by atoms with Crippen molar-refractivity contribution < 1.29 is 13.2 Å². The number of pyridine rings is 1. The normalized spacial score (nSPS) is 18.5. The average Bonchev–Trinajstić information content (AvgIpc) is 3.72. The topological polar surface area (TPSA) is 119 Å². The predicted molar refractivity (Wildman–Crippen MR) is 172 cm³/mol. The smallest absolute Gasteiger partial charge is 0.253 e. The van der Waals surface area contributed by atoms with Crippen molar-refractivity contribution in [1.29, 1.82) is 0 Å². The predicted octanol–water partition coefficient (Wildman–Crippen LogP) is 4.02. The molecule has 13 heteroatoms. The average molecular weight is 670 g/mol. The van der Waals surface area contributed by atoms with E-state index in [0.717, 1.165) is 70.9 Å². The highest BCUT2D eigenvalue weighted by Gasteiger charge is 2.31. The first-order chi connectivity index (χ1) is 20.6. The van der Waals surface area contributed by atoms with Gasteiger partial charge in [0.1, 0.15) is 11.3 Å². The molecule has 2 aliphatic rings. The number of hydrogen-bond acceptors (Lipinski definition) is 7. The molecule has 2 saturated heterocycles. The Morgan fingerprint density at radius 2 is 1.84 bits per heavy atom. The van der Waals surface area contributed by atoms with Crippen LogP contribution in [0, 0.1) is 13.8 Å². The zero-order valence-electron chi connectivity index (χ0n) is 24.9. The minimum Gasteiger partial charge on any atom is -0.378 e. The number of piperazine rings is 1. The summed E-state index contributed by atoms with van der Waals surface area (Å²) < 4.78 is 29.2. The standard InChI is InChI=1S/C30H37BrN8O3S/c1-5-43(41,42)38-11-10-22(18-38)33-26-25(31)17-32-29-27(26)34-28(35-29)24-16-19(2)39(20(24)3)23-8-6-21(7-9-23)30(40)37-14-12-36(4)13-15-37/h6-9,16-17,22H,5,10-15,18H2,1-4H3,(H2,32,33,34,35). The van der Waals surface area contributed by atoms with Crippen LogP contribution in [0.3, 0.4) is 0 Å². The van der Waals surface area contributed by atoms with E-state index >= 15 is 0 Å². The van der Waals surface area contributed by atoms with Crippen LogP contribution in [0.2, 0.25) is 0 Å². The number of halogens is 1. The summed E-state index contributed by atoms with van der Waals surface area (Å²) in [5.74, 6) is 0.875. The highest BCUT2D eigenvalue weighted by molar-refractivity contribution is 9.10. The quantitative estimate of drug-likeness (QED) is 0.305. The fraction of sp³-hybridized carbons (Fsp3) is 0.433. The molecule has 0 spiro atoms. The van der Waals surface area contributed by atoms with Gasteiger partial charge in [0, 0.05) is 79.7 Å². The number of likely N-dealkylation sites (N-methyl/N-ethyl adjacent to an activating group) is 1. The third kappa shape index (κ3) is 5.70. The highest BCUT2D eigenvalue weighted by atomic mass is 79.9. The molecule has 1 unspecified atom stereocenters. The van der Waals surface area contributed by atoms with Crippen LogP contribution in [-0.4, -0.2) is 106 Å². The second kappa shape index (κ2) is 11.7. The molecule has 3 aromatic heterocycles. The molecule has 1 atom stereocenters. The monoisotopic (exact) mass is 668 g/mol. The van der Waals surface area contributed by atoms with E-state index in [-0.39, 0.29) is 17.7 Å². The molecule has 2 aliphatic heterocycles. The molecule has 2 N–H and O–H groups in total. The van der Waals surface area contributed by atoms with Gasteiger partial charge >= 0.3 is 0 Å². The van der Waals surface area contributed by atoms with Crippen LogP contribution < -0.4 is 5.32 Å². The van der Waals surface area contributed by atoms with Gasteiger partial charge in [0.05, 0.1) is 15.9 Å². The lowest BCUT2D eigenvalue weighted by molar-refractivity contribution is 0.0664. The number of nitrogens with one attached hydrogen (secondary N) is 2. The largest absolute Gasteiger partial charge is 0.378 e. The summed E-state index contributed by atoms with van der Waals surface area (Å²) >= 11 is 3.63. The second-order valence-corrected chi connectivity index (χ2v) is 14.5. The lowest BCUT2D eigenvalue weighted by atomic mass is 10.1. The summed E-state index contributed by atoms with van der Waals surface area (Å²) in [6.07, 6.45) is 2.44. The number of fused-ring (bicyclic) bond motifs is 1. The van der Waals surface area contributed by atoms with E-state index in [0.29, 0.717) is 30.1 Å². The van der Waals surface area contributed by atoms with E-state index in [2.05, 4.69) is 67.6 Å². The molecular formula is C30H37BrN8O3S. The molecule has 0 aliphatic carbocycles. The van der Waals surface area contributed by atoms with Crippen LogP contribution in [0.4, 0.5) is 5.69 Å². The van der Waals surface area contributed by atoms with Gasteiger partial charge in [0.25, 0.3) is 5.91 Å². The number of H-pyrrole nitrogens is 1. The van der Waals surface area contributed by atoms with Gasteiger partial charge in [-0.05, 0) is 80.5 Å². The van der Waals surface area contributed by atoms with Crippen LogP contribution in [0.25, 0.3) is 28.2 Å². The van der Waals surface area contributed by atoms with Crippen molar-refractivity contribution in [3.63, 3.8) is 0 Å². The summed E-state index contributed by atoms with van der Waals surface area (Å²) in [5.41, 5.74) is 6.84. The van der Waals surface area contributed by atoms with Crippen LogP contribution in [0.15, 0.2) is 41.0 Å². The van der Waals surface area contributed by atoms with Crippen LogP contribution >= 0.6 is 15.9 Å². The van der Waals surface area contributed by atoms with Crippen molar-refractivity contribution in [3.8, 4) is 17.1 Å². The second-order valence-electron chi connectivity index (χ2n) is 11.4. The van der Waals surface area contributed by atoms with Gasteiger partial charge in [-0.1, -0.05) is 0 Å². The molecule has 2 fully saturated rings. The first-order valence-electron chi connectivity index (χ1n) is 14.6. The first kappa shape index (κ1) is 29.8. The third-order valence-electron chi connectivity index (χ3n) is 8.58. The number of rotatable bonds is 7. The maximum absolute atomic E-state index is 13.0. The number of aromatic nitrogens is 4. The summed E-state index contributed by atoms with van der Waals surface area (Å²) in [5, 5.41) is 3.54. The van der Waals surface area contributed by atoms with E-state index in [9.17, 15) is 13.2 Å². The summed E-state index contributed by atoms with van der Waals surface area (Å²) in [7, 11) is -1.14. The zero-order valence-corrected chi connectivity index (χ0v) is 27.3. The molecule has 0 saturated carbocycles. The van der Waals surface area contributed by atoms with Gasteiger partial charge in [-0.2, -0.15) is 4.31 Å². The first-order valence-corrected chi connectivity index (χ1v) is 17.0. The zero-order chi connectivity index (χ0) is 30.5. The van der Waals surface area contributed by atoms with E-state index in [1.807, 2.05) is 29.2 Å². The van der Waals surface area contributed by atoms with E-state index in [1.165, 1.54) is 0 Å². The van der Waals surface area contributed by atoms with Crippen molar-refractivity contribution >= 4 is 48.7 Å². The molecule has 43 heavy (non-hydrogen) atoms. The maximum Gasteiger partial charge on any atom is 0.253 e. The number of aromatic amines is 1. The Balaban J connectivity index is 1.25. The number of amides is 1. The fourth-order valence-electron chi connectivity index (χ4n) is 6.03. The minimum absolute atomic E-state index is 0.0221. The fourth-order valence-corrected chi connectivity index (χ4v) is 7.60. The lowest BCUT2D eigenvalue weighted by Crippen LogP contribution is -2.47. The Hall–Kier alpha value is -3.26. The number of carbonyl (C=O) groups is 1. The van der Waals surface area contributed by atoms with Crippen molar-refractivity contribution in [1.82, 2.24) is 33.6 Å². The van der Waals surface area contributed by atoms with Crippen molar-refractivity contribution in [2.45, 2.75) is 33.2 Å². The van der Waals surface area contributed by atoms with Crippen molar-refractivity contribution in [2.75, 3.05) is 57.4 Å². The Bertz CT molecular complexity index is 1770. The molecule has 1 aromatic carbocycles. The summed E-state index contributed by atoms with van der Waals surface area (Å²) in [4.78, 5) is 30.0. The number of aryl methyl sites for hydroxylation is 1. The molecule has 5 heterocycles. The Kier molecular flexibility index (Phi) is 8.09. The van der Waals surface area contributed by atoms with Gasteiger partial charge in [-0.25, -0.2) is 18.4 Å². The number of sulfonamides is 1. The van der Waals surface area contributed by atoms with Gasteiger partial charge in [-0.15, -0.1) is 0 Å². The van der Waals surface area contributed by atoms with E-state index < -0.39 is 10.0 Å². The highest BCUT2D eigenvalue weighted by Crippen LogP contribution is 2.34. The number of carbonyl (C=O) groups excluding carboxylic acids is 1. The van der Waals surface area contributed by atoms with Crippen LogP contribution in [0.5, 0.6) is 0 Å². The lowest BCUT2D eigenvalue weighted by Gasteiger charge is -2.32. The van der Waals surface area contributed by atoms with Crippen molar-refractivity contribution in [3.05, 3.63) is 58.0 Å². The molecule has 1 amide bonds. The van der Waals surface area contributed by atoms with Crippen LogP contribution in [0.1, 0.15) is 35.1 Å². The van der Waals surface area contributed by atoms with E-state index in [4.69, 9.17) is 4.98 Å². The van der Waals surface area contributed by atoms with Gasteiger partial charge in [0.15, 0.2) is 5.65 Å². The van der Waals surface area contributed by atoms with Gasteiger partial charge < -0.3 is 24.7 Å². The SMILES string of the molecule is CCS(=O)(=O)N1CCC(Nc2c(Br)cnc3nc(-c4cc(C)n(-c5ccc(C(=O)N6CCN(C)CC6)cc5)c4C)[nH]c23)C1. The van der Waals surface area contributed by atoms with Gasteiger partial charge in [-0.3, -0.25) is 4.79 Å². The number of anilines is 1. The molecule has 6 rings (SSSR count). The Labute approximate surface area is 260 Å². The Morgan fingerprint density at radius 3 is 2.53 bits per heavy atom. The Morgan fingerprint density at radius 1 is 1.12 bits per heavy atom. The molecule has 11 nitrogen and oxygen atoms in total. The summed E-state index contributed by atoms with van der Waals surface area (Å²) in [6.45, 7) is 9.99. The molecule has 0 radical (unpaired) electrons. The molecule has 0 bridgehead atoms. The van der Waals surface area contributed by atoms with Crippen molar-refractivity contribution in [2.24, 2.45) is 0 Å². The molecule has 4 aromatic rings. The summed E-state index contributed by atoms with van der Waals surface area (Å²) in [6, 6.07) is 9.89.